The van der Waals surface area contributed by atoms with Crippen molar-refractivity contribution in [3.8, 4) is 22.0 Å². The molecular formula is C20H15BrN4O2S. The molecule has 0 atom stereocenters. The Bertz CT molecular complexity index is 1120. The molecule has 28 heavy (non-hydrogen) atoms. The van der Waals surface area contributed by atoms with Gasteiger partial charge in [-0.1, -0.05) is 34.1 Å². The Morgan fingerprint density at radius 1 is 1.21 bits per heavy atom. The Morgan fingerprint density at radius 2 is 2.11 bits per heavy atom. The highest BCUT2D eigenvalue weighted by molar-refractivity contribution is 9.10. The topological polar surface area (TPSA) is 80.9 Å². The molecule has 0 radical (unpaired) electrons. The Kier molecular flexibility index (Phi) is 5.31. The van der Waals surface area contributed by atoms with Crippen LogP contribution in [0.5, 0.6) is 0 Å². The van der Waals surface area contributed by atoms with Crippen LogP contribution in [0, 0.1) is 6.92 Å². The van der Waals surface area contributed by atoms with Gasteiger partial charge in [-0.2, -0.15) is 0 Å². The van der Waals surface area contributed by atoms with Crippen LogP contribution in [0.15, 0.2) is 63.1 Å². The van der Waals surface area contributed by atoms with Crippen LogP contribution in [-0.4, -0.2) is 21.1 Å². The van der Waals surface area contributed by atoms with Gasteiger partial charge in [0.1, 0.15) is 5.01 Å². The van der Waals surface area contributed by atoms with Crippen LogP contribution in [0.25, 0.3) is 22.0 Å². The minimum atomic E-state index is -0.128. The molecular weight excluding hydrogens is 440 g/mol. The molecule has 0 aliphatic rings. The number of amides is 1. The number of thiazole rings is 1. The van der Waals surface area contributed by atoms with Crippen molar-refractivity contribution < 1.29 is 9.21 Å². The van der Waals surface area contributed by atoms with Gasteiger partial charge in [0.15, 0.2) is 0 Å². The fourth-order valence-corrected chi connectivity index (χ4v) is 3.91. The summed E-state index contributed by atoms with van der Waals surface area (Å²) >= 11 is 4.99. The summed E-state index contributed by atoms with van der Waals surface area (Å²) in [5.74, 6) is 0.283. The van der Waals surface area contributed by atoms with Crippen LogP contribution in [0.2, 0.25) is 0 Å². The van der Waals surface area contributed by atoms with E-state index in [-0.39, 0.29) is 12.3 Å². The molecule has 0 unspecified atom stereocenters. The number of nitrogens with one attached hydrogen (secondary N) is 1. The summed E-state index contributed by atoms with van der Waals surface area (Å²) in [4.78, 5) is 17.1. The first-order valence-electron chi connectivity index (χ1n) is 8.46. The lowest BCUT2D eigenvalue weighted by molar-refractivity contribution is -0.115. The fraction of sp³-hybridized carbons (Fsp3) is 0.100. The first-order chi connectivity index (χ1) is 13.6. The number of carbonyl (C=O) groups excluding carboxylic acids is 1. The summed E-state index contributed by atoms with van der Waals surface area (Å²) in [5, 5.41) is 13.3. The van der Waals surface area contributed by atoms with Crippen molar-refractivity contribution in [1.82, 2.24) is 15.2 Å². The number of hydrogen-bond acceptors (Lipinski definition) is 6. The largest absolute Gasteiger partial charge is 0.423 e. The van der Waals surface area contributed by atoms with E-state index in [0.717, 1.165) is 31.9 Å². The molecule has 4 rings (SSSR count). The van der Waals surface area contributed by atoms with Crippen molar-refractivity contribution in [2.75, 3.05) is 5.32 Å². The number of rotatable bonds is 5. The molecule has 140 valence electrons. The van der Waals surface area contributed by atoms with E-state index < -0.39 is 0 Å². The van der Waals surface area contributed by atoms with Gasteiger partial charge in [0, 0.05) is 26.7 Å². The van der Waals surface area contributed by atoms with Crippen molar-refractivity contribution in [3.63, 3.8) is 0 Å². The van der Waals surface area contributed by atoms with Crippen molar-refractivity contribution >= 4 is 38.9 Å². The zero-order chi connectivity index (χ0) is 19.5. The second kappa shape index (κ2) is 8.04. The van der Waals surface area contributed by atoms with E-state index in [2.05, 4.69) is 36.4 Å². The molecule has 0 saturated heterocycles. The summed E-state index contributed by atoms with van der Waals surface area (Å²) in [6.45, 7) is 1.93. The molecule has 2 heterocycles. The number of anilines is 1. The van der Waals surface area contributed by atoms with Gasteiger partial charge in [0.25, 0.3) is 0 Å². The Balaban J connectivity index is 1.47. The van der Waals surface area contributed by atoms with Crippen molar-refractivity contribution in [2.24, 2.45) is 0 Å². The van der Waals surface area contributed by atoms with Gasteiger partial charge in [0.2, 0.25) is 18.2 Å². The van der Waals surface area contributed by atoms with Crippen LogP contribution in [-0.2, 0) is 11.2 Å². The third-order valence-electron chi connectivity index (χ3n) is 4.08. The maximum absolute atomic E-state index is 12.5. The van der Waals surface area contributed by atoms with Gasteiger partial charge < -0.3 is 9.73 Å². The third-order valence-corrected chi connectivity index (χ3v) is 5.52. The van der Waals surface area contributed by atoms with Crippen molar-refractivity contribution in [1.29, 1.82) is 0 Å². The Hall–Kier alpha value is -2.84. The molecule has 0 saturated carbocycles. The zero-order valence-corrected chi connectivity index (χ0v) is 17.3. The lowest BCUT2D eigenvalue weighted by Gasteiger charge is -2.09. The fourth-order valence-electron chi connectivity index (χ4n) is 2.69. The monoisotopic (exact) mass is 454 g/mol. The molecule has 0 aliphatic carbocycles. The zero-order valence-electron chi connectivity index (χ0n) is 14.8. The SMILES string of the molecule is Cc1ccc(-c2nnco2)cc1NC(=O)Cc1csc(-c2cccc(Br)c2)n1. The maximum atomic E-state index is 12.5. The number of nitrogens with zero attached hydrogens (tertiary/aromatic N) is 3. The second-order valence-corrected chi connectivity index (χ2v) is 7.93. The van der Waals surface area contributed by atoms with Crippen LogP contribution in [0.1, 0.15) is 11.3 Å². The van der Waals surface area contributed by atoms with Crippen LogP contribution < -0.4 is 5.32 Å². The van der Waals surface area contributed by atoms with Crippen molar-refractivity contribution in [2.45, 2.75) is 13.3 Å². The summed E-state index contributed by atoms with van der Waals surface area (Å²) < 4.78 is 6.22. The lowest BCUT2D eigenvalue weighted by atomic mass is 10.1. The molecule has 0 aliphatic heterocycles. The summed E-state index contributed by atoms with van der Waals surface area (Å²) in [6.07, 6.45) is 1.48. The van der Waals surface area contributed by atoms with Gasteiger partial charge in [-0.15, -0.1) is 21.5 Å². The number of halogens is 1. The molecule has 1 N–H and O–H groups in total. The van der Waals surface area contributed by atoms with Gasteiger partial charge in [-0.3, -0.25) is 4.79 Å². The number of aryl methyl sites for hydroxylation is 1. The van der Waals surface area contributed by atoms with E-state index in [1.165, 1.54) is 17.7 Å². The quantitative estimate of drug-likeness (QED) is 0.452. The first-order valence-corrected chi connectivity index (χ1v) is 10.1. The van der Waals surface area contributed by atoms with E-state index in [4.69, 9.17) is 4.42 Å². The van der Waals surface area contributed by atoms with Gasteiger partial charge >= 0.3 is 0 Å². The molecule has 1 amide bonds. The van der Waals surface area contributed by atoms with E-state index in [1.807, 2.05) is 54.8 Å². The summed E-state index contributed by atoms with van der Waals surface area (Å²) in [5.41, 5.74) is 4.18. The average molecular weight is 455 g/mol. The number of carbonyl (C=O) groups is 1. The third kappa shape index (κ3) is 4.18. The van der Waals surface area contributed by atoms with Crippen molar-refractivity contribution in [3.05, 3.63) is 70.0 Å². The lowest BCUT2D eigenvalue weighted by Crippen LogP contribution is -2.15. The highest BCUT2D eigenvalue weighted by atomic mass is 79.9. The van der Waals surface area contributed by atoms with Gasteiger partial charge in [-0.05, 0) is 36.8 Å². The van der Waals surface area contributed by atoms with Crippen LogP contribution in [0.3, 0.4) is 0 Å². The Morgan fingerprint density at radius 3 is 2.89 bits per heavy atom. The van der Waals surface area contributed by atoms with Gasteiger partial charge in [0.05, 0.1) is 12.1 Å². The molecule has 6 nitrogen and oxygen atoms in total. The minimum Gasteiger partial charge on any atom is -0.423 e. The van der Waals surface area contributed by atoms with E-state index in [1.54, 1.807) is 0 Å². The molecule has 2 aromatic carbocycles. The predicted octanol–water partition coefficient (Wildman–Crippen LogP) is 5.11. The number of benzene rings is 2. The normalized spacial score (nSPS) is 10.8. The van der Waals surface area contributed by atoms with Crippen LogP contribution in [0.4, 0.5) is 5.69 Å². The minimum absolute atomic E-state index is 0.128. The smallest absolute Gasteiger partial charge is 0.247 e. The second-order valence-electron chi connectivity index (χ2n) is 6.15. The van der Waals surface area contributed by atoms with E-state index in [9.17, 15) is 4.79 Å². The predicted molar refractivity (Wildman–Crippen MR) is 112 cm³/mol. The molecule has 0 fully saturated rings. The van der Waals surface area contributed by atoms with Crippen LogP contribution >= 0.6 is 27.3 Å². The first kappa shape index (κ1) is 18.5. The molecule has 0 bridgehead atoms. The highest BCUT2D eigenvalue weighted by Gasteiger charge is 2.12. The maximum Gasteiger partial charge on any atom is 0.247 e. The number of hydrogen-bond donors (Lipinski definition) is 1. The molecule has 0 spiro atoms. The van der Waals surface area contributed by atoms with E-state index >= 15 is 0 Å². The summed E-state index contributed by atoms with van der Waals surface area (Å²) in [6, 6.07) is 13.6. The Labute approximate surface area is 173 Å². The highest BCUT2D eigenvalue weighted by Crippen LogP contribution is 2.27. The van der Waals surface area contributed by atoms with Gasteiger partial charge in [-0.25, -0.2) is 4.98 Å². The standard InChI is InChI=1S/C20H15BrN4O2S/c1-12-5-6-13(19-25-22-11-27-19)8-17(12)24-18(26)9-16-10-28-20(23-16)14-3-2-4-15(21)7-14/h2-8,10-11H,9H2,1H3,(H,24,26). The summed E-state index contributed by atoms with van der Waals surface area (Å²) in [7, 11) is 0. The number of aromatic nitrogens is 3. The van der Waals surface area contributed by atoms with E-state index in [0.29, 0.717) is 11.6 Å². The molecule has 4 aromatic rings. The average Bonchev–Trinajstić information content (AvgIpc) is 3.36. The molecule has 8 heteroatoms. The molecule has 2 aromatic heterocycles.